The highest BCUT2D eigenvalue weighted by Gasteiger charge is 2.15. The van der Waals surface area contributed by atoms with Crippen LogP contribution in [0.5, 0.6) is 5.75 Å². The number of hydrogen-bond acceptors (Lipinski definition) is 5. The van der Waals surface area contributed by atoms with E-state index in [0.717, 1.165) is 11.5 Å². The third-order valence-electron chi connectivity index (χ3n) is 2.94. The molecule has 1 amide bonds. The summed E-state index contributed by atoms with van der Waals surface area (Å²) in [5.74, 6) is 1.83. The summed E-state index contributed by atoms with van der Waals surface area (Å²) in [6, 6.07) is 6.99. The molecule has 7 heteroatoms. The highest BCUT2D eigenvalue weighted by atomic mass is 35.5. The van der Waals surface area contributed by atoms with Crippen molar-refractivity contribution in [3.05, 3.63) is 40.7 Å². The molecule has 0 bridgehead atoms. The minimum atomic E-state index is -0.230. The molecule has 0 unspecified atom stereocenters. The van der Waals surface area contributed by atoms with E-state index in [1.165, 1.54) is 11.8 Å². The van der Waals surface area contributed by atoms with E-state index in [2.05, 4.69) is 10.5 Å². The molecule has 0 saturated carbocycles. The van der Waals surface area contributed by atoms with Gasteiger partial charge in [-0.15, -0.1) is 11.8 Å². The smallest absolute Gasteiger partial charge is 0.237 e. The van der Waals surface area contributed by atoms with Crippen LogP contribution < -0.4 is 10.1 Å². The van der Waals surface area contributed by atoms with E-state index in [-0.39, 0.29) is 11.2 Å². The van der Waals surface area contributed by atoms with Gasteiger partial charge in [0.15, 0.2) is 0 Å². The molecule has 118 valence electrons. The number of rotatable bonds is 6. The molecule has 0 fully saturated rings. The van der Waals surface area contributed by atoms with Crippen LogP contribution in [0.4, 0.5) is 5.69 Å². The van der Waals surface area contributed by atoms with E-state index < -0.39 is 0 Å². The molecule has 0 saturated heterocycles. The lowest BCUT2D eigenvalue weighted by atomic mass is 10.3. The average Bonchev–Trinajstić information content (AvgIpc) is 2.90. The van der Waals surface area contributed by atoms with Gasteiger partial charge < -0.3 is 14.6 Å². The van der Waals surface area contributed by atoms with Crippen molar-refractivity contribution in [3.63, 3.8) is 0 Å². The van der Waals surface area contributed by atoms with E-state index in [4.69, 9.17) is 20.9 Å². The van der Waals surface area contributed by atoms with Crippen LogP contribution in [0.2, 0.25) is 5.02 Å². The maximum Gasteiger partial charge on any atom is 0.237 e. The molecule has 1 heterocycles. The van der Waals surface area contributed by atoms with E-state index in [0.29, 0.717) is 22.2 Å². The zero-order chi connectivity index (χ0) is 16.1. The molecule has 5 nitrogen and oxygen atoms in total. The van der Waals surface area contributed by atoms with Crippen LogP contribution in [-0.4, -0.2) is 23.4 Å². The summed E-state index contributed by atoms with van der Waals surface area (Å²) in [6.45, 7) is 3.70. The Hall–Kier alpha value is -1.66. The number of ether oxygens (including phenoxy) is 1. The monoisotopic (exact) mass is 340 g/mol. The summed E-state index contributed by atoms with van der Waals surface area (Å²) in [5, 5.41) is 6.87. The Balaban J connectivity index is 1.89. The zero-order valence-corrected chi connectivity index (χ0v) is 14.1. The average molecular weight is 341 g/mol. The number of carbonyl (C=O) groups excluding carboxylic acids is 1. The van der Waals surface area contributed by atoms with Crippen LogP contribution in [0.25, 0.3) is 0 Å². The fourth-order valence-electron chi connectivity index (χ4n) is 1.76. The zero-order valence-electron chi connectivity index (χ0n) is 12.6. The van der Waals surface area contributed by atoms with E-state index in [1.807, 2.05) is 19.9 Å². The van der Waals surface area contributed by atoms with Crippen molar-refractivity contribution in [1.29, 1.82) is 0 Å². The lowest BCUT2D eigenvalue weighted by molar-refractivity contribution is -0.115. The van der Waals surface area contributed by atoms with Crippen molar-refractivity contribution in [2.75, 3.05) is 12.4 Å². The number of methoxy groups -OCH3 is 1. The first-order valence-corrected chi connectivity index (χ1v) is 8.10. The first kappa shape index (κ1) is 16.7. The summed E-state index contributed by atoms with van der Waals surface area (Å²) in [6.07, 6.45) is 0. The summed E-state index contributed by atoms with van der Waals surface area (Å²) in [7, 11) is 1.55. The number of hydrogen-bond donors (Lipinski definition) is 1. The second kappa shape index (κ2) is 7.56. The minimum absolute atomic E-state index is 0.0949. The predicted octanol–water partition coefficient (Wildman–Crippen LogP) is 3.91. The van der Waals surface area contributed by atoms with Gasteiger partial charge in [0, 0.05) is 11.8 Å². The molecule has 0 aliphatic carbocycles. The molecule has 1 atom stereocenters. The standard InChI is InChI=1S/C15H17ClN2O3S/c1-9-6-12(21-18-9)8-22-10(2)15(19)17-11-4-5-14(20-3)13(16)7-11/h4-7,10H,8H2,1-3H3,(H,17,19)/t10-/m1/s1. The Morgan fingerprint density at radius 1 is 1.50 bits per heavy atom. The molecule has 2 rings (SSSR count). The van der Waals surface area contributed by atoms with Crippen LogP contribution in [-0.2, 0) is 10.5 Å². The number of aromatic nitrogens is 1. The Bertz CT molecular complexity index is 660. The maximum absolute atomic E-state index is 12.2. The SMILES string of the molecule is COc1ccc(NC(=O)[C@@H](C)SCc2cc(C)no2)cc1Cl. The first-order chi connectivity index (χ1) is 10.5. The quantitative estimate of drug-likeness (QED) is 0.863. The predicted molar refractivity (Wildman–Crippen MR) is 88.6 cm³/mol. The van der Waals surface area contributed by atoms with Gasteiger partial charge >= 0.3 is 0 Å². The molecule has 0 aliphatic heterocycles. The molecular weight excluding hydrogens is 324 g/mol. The normalized spacial score (nSPS) is 12.0. The van der Waals surface area contributed by atoms with Crippen LogP contribution >= 0.6 is 23.4 Å². The number of thioether (sulfide) groups is 1. The fourth-order valence-corrected chi connectivity index (χ4v) is 2.77. The van der Waals surface area contributed by atoms with Gasteiger partial charge in [-0.1, -0.05) is 16.8 Å². The van der Waals surface area contributed by atoms with Crippen LogP contribution in [0.1, 0.15) is 18.4 Å². The van der Waals surface area contributed by atoms with Crippen LogP contribution in [0, 0.1) is 6.92 Å². The van der Waals surface area contributed by atoms with Crippen molar-refractivity contribution in [2.45, 2.75) is 24.9 Å². The summed E-state index contributed by atoms with van der Waals surface area (Å²) in [5.41, 5.74) is 1.47. The van der Waals surface area contributed by atoms with Crippen molar-refractivity contribution >= 4 is 35.0 Å². The fraction of sp³-hybridized carbons (Fsp3) is 0.333. The molecule has 22 heavy (non-hydrogen) atoms. The number of nitrogens with zero attached hydrogens (tertiary/aromatic N) is 1. The van der Waals surface area contributed by atoms with Gasteiger partial charge in [0.05, 0.1) is 28.8 Å². The van der Waals surface area contributed by atoms with Crippen molar-refractivity contribution in [3.8, 4) is 5.75 Å². The van der Waals surface area contributed by atoms with Crippen LogP contribution in [0.3, 0.4) is 0 Å². The van der Waals surface area contributed by atoms with E-state index >= 15 is 0 Å². The van der Waals surface area contributed by atoms with Gasteiger partial charge in [-0.25, -0.2) is 0 Å². The number of amides is 1. The van der Waals surface area contributed by atoms with Gasteiger partial charge in [-0.05, 0) is 32.0 Å². The van der Waals surface area contributed by atoms with Gasteiger partial charge in [0.25, 0.3) is 0 Å². The molecule has 1 aromatic carbocycles. The number of halogens is 1. The lowest BCUT2D eigenvalue weighted by Crippen LogP contribution is -2.22. The van der Waals surface area contributed by atoms with Crippen LogP contribution in [0.15, 0.2) is 28.8 Å². The Morgan fingerprint density at radius 2 is 2.27 bits per heavy atom. The Labute approximate surface area is 138 Å². The molecule has 0 radical (unpaired) electrons. The highest BCUT2D eigenvalue weighted by molar-refractivity contribution is 7.99. The summed E-state index contributed by atoms with van der Waals surface area (Å²) in [4.78, 5) is 12.2. The topological polar surface area (TPSA) is 64.4 Å². The van der Waals surface area contributed by atoms with Crippen molar-refractivity contribution in [1.82, 2.24) is 5.16 Å². The highest BCUT2D eigenvalue weighted by Crippen LogP contribution is 2.28. The molecule has 0 spiro atoms. The number of aryl methyl sites for hydroxylation is 1. The molecular formula is C15H17ClN2O3S. The molecule has 0 aliphatic rings. The van der Waals surface area contributed by atoms with Gasteiger partial charge in [0.1, 0.15) is 11.5 Å². The number of anilines is 1. The Morgan fingerprint density at radius 3 is 2.86 bits per heavy atom. The first-order valence-electron chi connectivity index (χ1n) is 6.68. The van der Waals surface area contributed by atoms with E-state index in [9.17, 15) is 4.79 Å². The third kappa shape index (κ3) is 4.42. The number of benzene rings is 1. The largest absolute Gasteiger partial charge is 0.495 e. The lowest BCUT2D eigenvalue weighted by Gasteiger charge is -2.12. The van der Waals surface area contributed by atoms with Gasteiger partial charge in [-0.3, -0.25) is 4.79 Å². The molecule has 1 aromatic heterocycles. The molecule has 2 aromatic rings. The summed E-state index contributed by atoms with van der Waals surface area (Å²) >= 11 is 7.51. The number of carbonyl (C=O) groups is 1. The second-order valence-electron chi connectivity index (χ2n) is 4.73. The van der Waals surface area contributed by atoms with Gasteiger partial charge in [0.2, 0.25) is 5.91 Å². The van der Waals surface area contributed by atoms with E-state index in [1.54, 1.807) is 25.3 Å². The Kier molecular flexibility index (Phi) is 5.74. The molecule has 1 N–H and O–H groups in total. The van der Waals surface area contributed by atoms with Crippen molar-refractivity contribution < 1.29 is 14.1 Å². The minimum Gasteiger partial charge on any atom is -0.495 e. The third-order valence-corrected chi connectivity index (χ3v) is 4.40. The maximum atomic E-state index is 12.2. The van der Waals surface area contributed by atoms with Gasteiger partial charge in [-0.2, -0.15) is 0 Å². The summed E-state index contributed by atoms with van der Waals surface area (Å²) < 4.78 is 10.2. The van der Waals surface area contributed by atoms with Crippen molar-refractivity contribution in [2.24, 2.45) is 0 Å². The second-order valence-corrected chi connectivity index (χ2v) is 6.46. The number of nitrogens with one attached hydrogen (secondary N) is 1.